The third-order valence-electron chi connectivity index (χ3n) is 3.14. The molecule has 7 heteroatoms. The van der Waals surface area contributed by atoms with E-state index in [1.165, 1.54) is 12.4 Å². The summed E-state index contributed by atoms with van der Waals surface area (Å²) in [6.45, 7) is 1.41. The molecule has 1 amide bonds. The van der Waals surface area contributed by atoms with Gasteiger partial charge < -0.3 is 15.5 Å². The number of aliphatic hydroxyl groups excluding tert-OH is 1. The number of aromatic hydroxyl groups is 1. The number of nitrogens with one attached hydrogen (secondary N) is 2. The fourth-order valence-electron chi connectivity index (χ4n) is 1.87. The van der Waals surface area contributed by atoms with E-state index in [-0.39, 0.29) is 24.8 Å². The van der Waals surface area contributed by atoms with Crippen molar-refractivity contribution in [1.29, 1.82) is 0 Å². The minimum Gasteiger partial charge on any atom is -0.505 e. The molecule has 23 heavy (non-hydrogen) atoms. The van der Waals surface area contributed by atoms with Crippen LogP contribution in [0.3, 0.4) is 0 Å². The fourth-order valence-corrected chi connectivity index (χ4v) is 1.87. The Hall–Kier alpha value is -2.93. The number of aromatic nitrogens is 1. The van der Waals surface area contributed by atoms with Crippen molar-refractivity contribution in [2.75, 3.05) is 11.9 Å². The van der Waals surface area contributed by atoms with E-state index in [2.05, 4.69) is 20.8 Å². The van der Waals surface area contributed by atoms with Gasteiger partial charge in [-0.15, -0.1) is 0 Å². The van der Waals surface area contributed by atoms with Crippen molar-refractivity contribution < 1.29 is 15.0 Å². The van der Waals surface area contributed by atoms with Crippen molar-refractivity contribution in [1.82, 2.24) is 10.4 Å². The van der Waals surface area contributed by atoms with Crippen molar-refractivity contribution in [3.05, 3.63) is 53.3 Å². The van der Waals surface area contributed by atoms with Crippen LogP contribution in [0.25, 0.3) is 0 Å². The predicted octanol–water partition coefficient (Wildman–Crippen LogP) is 1.15. The summed E-state index contributed by atoms with van der Waals surface area (Å²) < 4.78 is 0. The topological polar surface area (TPSA) is 107 Å². The maximum Gasteiger partial charge on any atom is 0.259 e. The van der Waals surface area contributed by atoms with Crippen LogP contribution >= 0.6 is 0 Å². The van der Waals surface area contributed by atoms with Crippen LogP contribution < -0.4 is 10.7 Å². The Kier molecular flexibility index (Phi) is 5.65. The standard InChI is InChI=1S/C16H18N4O3/c1-11-16(23)14(12(10-21)7-17-11)8-19-20-15(22)9-18-13-5-3-2-4-6-13/h2-8,18,21,23H,9-10H2,1H3,(H,20,22)/b19-8+. The second-order valence-corrected chi connectivity index (χ2v) is 4.80. The quantitative estimate of drug-likeness (QED) is 0.473. The van der Waals surface area contributed by atoms with Crippen LogP contribution in [0, 0.1) is 6.92 Å². The summed E-state index contributed by atoms with van der Waals surface area (Å²) in [4.78, 5) is 15.6. The molecule has 4 N–H and O–H groups in total. The number of rotatable bonds is 6. The van der Waals surface area contributed by atoms with Crippen LogP contribution in [0.2, 0.25) is 0 Å². The van der Waals surface area contributed by atoms with Gasteiger partial charge in [-0.2, -0.15) is 5.10 Å². The molecule has 0 unspecified atom stereocenters. The molecule has 1 aromatic heterocycles. The van der Waals surface area contributed by atoms with Gasteiger partial charge >= 0.3 is 0 Å². The molecule has 0 radical (unpaired) electrons. The Morgan fingerprint density at radius 2 is 2.09 bits per heavy atom. The van der Waals surface area contributed by atoms with Crippen LogP contribution in [0.15, 0.2) is 41.6 Å². The van der Waals surface area contributed by atoms with Crippen LogP contribution in [0.4, 0.5) is 5.69 Å². The average Bonchev–Trinajstić information content (AvgIpc) is 2.58. The number of hydrazone groups is 1. The zero-order valence-corrected chi connectivity index (χ0v) is 12.7. The molecule has 2 rings (SSSR count). The molecule has 0 fully saturated rings. The minimum absolute atomic E-state index is 0.0650. The van der Waals surface area contributed by atoms with Gasteiger partial charge in [-0.3, -0.25) is 9.78 Å². The second-order valence-electron chi connectivity index (χ2n) is 4.80. The third kappa shape index (κ3) is 4.52. The highest BCUT2D eigenvalue weighted by Gasteiger charge is 2.09. The van der Waals surface area contributed by atoms with E-state index in [1.54, 1.807) is 6.92 Å². The second kappa shape index (κ2) is 7.90. The summed E-state index contributed by atoms with van der Waals surface area (Å²) in [5.74, 6) is -0.405. The number of benzene rings is 1. The maximum absolute atomic E-state index is 11.7. The van der Waals surface area contributed by atoms with E-state index in [4.69, 9.17) is 0 Å². The van der Waals surface area contributed by atoms with Gasteiger partial charge in [0.25, 0.3) is 5.91 Å². The number of aryl methyl sites for hydroxylation is 1. The third-order valence-corrected chi connectivity index (χ3v) is 3.14. The van der Waals surface area contributed by atoms with Crippen molar-refractivity contribution in [2.24, 2.45) is 5.10 Å². The first-order valence-electron chi connectivity index (χ1n) is 7.01. The number of carbonyl (C=O) groups is 1. The molecule has 0 aliphatic rings. The zero-order chi connectivity index (χ0) is 16.7. The van der Waals surface area contributed by atoms with Gasteiger partial charge in [0.15, 0.2) is 0 Å². The van der Waals surface area contributed by atoms with Gasteiger partial charge in [0, 0.05) is 23.0 Å². The van der Waals surface area contributed by atoms with Gasteiger partial charge in [0.05, 0.1) is 25.1 Å². The molecule has 2 aromatic rings. The summed E-state index contributed by atoms with van der Waals surface area (Å²) in [6.07, 6.45) is 2.74. The molecule has 0 aliphatic heterocycles. The molecule has 1 heterocycles. The first-order chi connectivity index (χ1) is 11.1. The summed E-state index contributed by atoms with van der Waals surface area (Å²) in [5, 5.41) is 25.9. The van der Waals surface area contributed by atoms with E-state index in [1.807, 2.05) is 30.3 Å². The smallest absolute Gasteiger partial charge is 0.259 e. The largest absolute Gasteiger partial charge is 0.505 e. The summed E-state index contributed by atoms with van der Waals surface area (Å²) in [6, 6.07) is 9.31. The van der Waals surface area contributed by atoms with Crippen LogP contribution in [0.1, 0.15) is 16.8 Å². The summed E-state index contributed by atoms with van der Waals surface area (Å²) in [5.41, 5.74) is 4.36. The Morgan fingerprint density at radius 3 is 2.78 bits per heavy atom. The number of carbonyl (C=O) groups excluding carboxylic acids is 1. The van der Waals surface area contributed by atoms with Crippen LogP contribution in [-0.4, -0.2) is 33.9 Å². The molecule has 0 saturated heterocycles. The Morgan fingerprint density at radius 1 is 1.35 bits per heavy atom. The van der Waals surface area contributed by atoms with Crippen LogP contribution in [0.5, 0.6) is 5.75 Å². The summed E-state index contributed by atoms with van der Waals surface area (Å²) in [7, 11) is 0. The minimum atomic E-state index is -0.332. The first kappa shape index (κ1) is 16.4. The number of amides is 1. The van der Waals surface area contributed by atoms with E-state index >= 15 is 0 Å². The molecule has 0 bridgehead atoms. The van der Waals surface area contributed by atoms with Gasteiger partial charge in [0.2, 0.25) is 0 Å². The maximum atomic E-state index is 11.7. The highest BCUT2D eigenvalue weighted by molar-refractivity contribution is 5.87. The lowest BCUT2D eigenvalue weighted by molar-refractivity contribution is -0.119. The number of para-hydroxylation sites is 1. The summed E-state index contributed by atoms with van der Waals surface area (Å²) >= 11 is 0. The molecular formula is C16H18N4O3. The highest BCUT2D eigenvalue weighted by atomic mass is 16.3. The number of pyridine rings is 1. The van der Waals surface area contributed by atoms with Gasteiger partial charge in [-0.05, 0) is 19.1 Å². The van der Waals surface area contributed by atoms with Crippen molar-refractivity contribution in [2.45, 2.75) is 13.5 Å². The zero-order valence-electron chi connectivity index (χ0n) is 12.7. The normalized spacial score (nSPS) is 10.7. The Balaban J connectivity index is 1.94. The molecule has 1 aromatic carbocycles. The lowest BCUT2D eigenvalue weighted by atomic mass is 10.1. The predicted molar refractivity (Wildman–Crippen MR) is 87.2 cm³/mol. The van der Waals surface area contributed by atoms with Crippen molar-refractivity contribution in [3.63, 3.8) is 0 Å². The molecular weight excluding hydrogens is 296 g/mol. The molecule has 0 atom stereocenters. The van der Waals surface area contributed by atoms with Crippen molar-refractivity contribution in [3.8, 4) is 5.75 Å². The highest BCUT2D eigenvalue weighted by Crippen LogP contribution is 2.21. The van der Waals surface area contributed by atoms with Gasteiger partial charge in [-0.25, -0.2) is 5.43 Å². The number of anilines is 1. The fraction of sp³-hybridized carbons (Fsp3) is 0.188. The number of hydrogen-bond donors (Lipinski definition) is 4. The lowest BCUT2D eigenvalue weighted by Crippen LogP contribution is -2.25. The van der Waals surface area contributed by atoms with Crippen LogP contribution in [-0.2, 0) is 11.4 Å². The average molecular weight is 314 g/mol. The molecule has 0 aliphatic carbocycles. The SMILES string of the molecule is Cc1ncc(CO)c(/C=N/NC(=O)CNc2ccccc2)c1O. The molecule has 7 nitrogen and oxygen atoms in total. The van der Waals surface area contributed by atoms with E-state index in [0.717, 1.165) is 5.69 Å². The Labute approximate surface area is 133 Å². The first-order valence-corrected chi connectivity index (χ1v) is 7.01. The lowest BCUT2D eigenvalue weighted by Gasteiger charge is -2.07. The number of nitrogens with zero attached hydrogens (tertiary/aromatic N) is 2. The molecule has 120 valence electrons. The van der Waals surface area contributed by atoms with Crippen molar-refractivity contribution >= 4 is 17.8 Å². The molecule has 0 saturated carbocycles. The Bertz CT molecular complexity index is 702. The molecule has 0 spiro atoms. The number of hydrogen-bond acceptors (Lipinski definition) is 6. The van der Waals surface area contributed by atoms with E-state index in [9.17, 15) is 15.0 Å². The van der Waals surface area contributed by atoms with E-state index < -0.39 is 0 Å². The monoisotopic (exact) mass is 314 g/mol. The number of aliphatic hydroxyl groups is 1. The van der Waals surface area contributed by atoms with E-state index in [0.29, 0.717) is 16.8 Å². The van der Waals surface area contributed by atoms with Gasteiger partial charge in [0.1, 0.15) is 5.75 Å². The van der Waals surface area contributed by atoms with Gasteiger partial charge in [-0.1, -0.05) is 18.2 Å².